The summed E-state index contributed by atoms with van der Waals surface area (Å²) in [7, 11) is 0. The lowest BCUT2D eigenvalue weighted by molar-refractivity contribution is -0.0793. The standard InChI is InChI=1S/C9H18F2O/c1-3-5-6-7-12-8-9(10,11)4-2/h3-8H2,1-2H3. The normalized spacial score (nSPS) is 12.0. The number of halogens is 2. The van der Waals surface area contributed by atoms with Crippen LogP contribution in [0.4, 0.5) is 8.78 Å². The van der Waals surface area contributed by atoms with Crippen LogP contribution in [0.5, 0.6) is 0 Å². The molecule has 12 heavy (non-hydrogen) atoms. The highest BCUT2D eigenvalue weighted by atomic mass is 19.3. The second-order valence-electron chi connectivity index (χ2n) is 2.97. The molecule has 0 saturated heterocycles. The lowest BCUT2D eigenvalue weighted by atomic mass is 10.2. The van der Waals surface area contributed by atoms with Crippen molar-refractivity contribution in [3.63, 3.8) is 0 Å². The van der Waals surface area contributed by atoms with Crippen molar-refractivity contribution in [3.8, 4) is 0 Å². The van der Waals surface area contributed by atoms with E-state index in [-0.39, 0.29) is 6.42 Å². The van der Waals surface area contributed by atoms with Crippen LogP contribution in [0.15, 0.2) is 0 Å². The van der Waals surface area contributed by atoms with Crippen LogP contribution in [0.25, 0.3) is 0 Å². The monoisotopic (exact) mass is 180 g/mol. The molecule has 0 atom stereocenters. The second kappa shape index (κ2) is 6.35. The molecule has 0 aliphatic carbocycles. The molecule has 0 amide bonds. The number of rotatable bonds is 7. The fourth-order valence-corrected chi connectivity index (χ4v) is 0.778. The quantitative estimate of drug-likeness (QED) is 0.546. The van der Waals surface area contributed by atoms with Crippen LogP contribution in [0.2, 0.25) is 0 Å². The molecule has 0 unspecified atom stereocenters. The average molecular weight is 180 g/mol. The highest BCUT2D eigenvalue weighted by Crippen LogP contribution is 2.17. The largest absolute Gasteiger partial charge is 0.375 e. The fraction of sp³-hybridized carbons (Fsp3) is 1.00. The van der Waals surface area contributed by atoms with Gasteiger partial charge >= 0.3 is 0 Å². The molecule has 0 rings (SSSR count). The molecule has 0 aromatic rings. The molecule has 0 aliphatic rings. The van der Waals surface area contributed by atoms with E-state index in [0.717, 1.165) is 19.3 Å². The predicted molar refractivity (Wildman–Crippen MR) is 45.6 cm³/mol. The van der Waals surface area contributed by atoms with Gasteiger partial charge in [-0.15, -0.1) is 0 Å². The first kappa shape index (κ1) is 11.8. The molecule has 0 aromatic carbocycles. The van der Waals surface area contributed by atoms with Crippen LogP contribution in [0.1, 0.15) is 39.5 Å². The molecule has 0 aliphatic heterocycles. The number of hydrogen-bond acceptors (Lipinski definition) is 1. The predicted octanol–water partition coefficient (Wildman–Crippen LogP) is 3.24. The van der Waals surface area contributed by atoms with Gasteiger partial charge in [-0.1, -0.05) is 26.7 Å². The van der Waals surface area contributed by atoms with E-state index in [9.17, 15) is 8.78 Å². The smallest absolute Gasteiger partial charge is 0.270 e. The average Bonchev–Trinajstić information content (AvgIpc) is 2.04. The van der Waals surface area contributed by atoms with Crippen LogP contribution >= 0.6 is 0 Å². The van der Waals surface area contributed by atoms with Gasteiger partial charge < -0.3 is 4.74 Å². The molecule has 0 radical (unpaired) electrons. The van der Waals surface area contributed by atoms with E-state index in [1.165, 1.54) is 6.92 Å². The van der Waals surface area contributed by atoms with E-state index in [1.807, 2.05) is 0 Å². The molecule has 0 bridgehead atoms. The van der Waals surface area contributed by atoms with Gasteiger partial charge in [0.15, 0.2) is 0 Å². The molecule has 0 saturated carbocycles. The van der Waals surface area contributed by atoms with E-state index in [0.29, 0.717) is 6.61 Å². The van der Waals surface area contributed by atoms with Crippen LogP contribution < -0.4 is 0 Å². The van der Waals surface area contributed by atoms with E-state index >= 15 is 0 Å². The molecule has 3 heteroatoms. The molecular weight excluding hydrogens is 162 g/mol. The van der Waals surface area contributed by atoms with Gasteiger partial charge in [0.2, 0.25) is 0 Å². The summed E-state index contributed by atoms with van der Waals surface area (Å²) in [6.45, 7) is 3.58. The van der Waals surface area contributed by atoms with Crippen molar-refractivity contribution in [1.82, 2.24) is 0 Å². The maximum absolute atomic E-state index is 12.5. The Labute approximate surface area is 73.1 Å². The van der Waals surface area contributed by atoms with Crippen molar-refractivity contribution in [2.45, 2.75) is 45.5 Å². The van der Waals surface area contributed by atoms with Crippen molar-refractivity contribution in [3.05, 3.63) is 0 Å². The first-order valence-corrected chi connectivity index (χ1v) is 4.58. The molecule has 0 spiro atoms. The zero-order valence-corrected chi connectivity index (χ0v) is 7.91. The van der Waals surface area contributed by atoms with Gasteiger partial charge in [0.1, 0.15) is 6.61 Å². The van der Waals surface area contributed by atoms with Crippen LogP contribution in [-0.4, -0.2) is 19.1 Å². The Kier molecular flexibility index (Phi) is 6.25. The van der Waals surface area contributed by atoms with E-state index in [1.54, 1.807) is 0 Å². The van der Waals surface area contributed by atoms with Crippen LogP contribution in [0, 0.1) is 0 Å². The summed E-state index contributed by atoms with van der Waals surface area (Å²) < 4.78 is 29.9. The van der Waals surface area contributed by atoms with Crippen molar-refractivity contribution in [2.75, 3.05) is 13.2 Å². The first-order chi connectivity index (χ1) is 5.62. The maximum atomic E-state index is 12.5. The molecule has 74 valence electrons. The summed E-state index contributed by atoms with van der Waals surface area (Å²) in [5, 5.41) is 0. The van der Waals surface area contributed by atoms with Crippen LogP contribution in [0.3, 0.4) is 0 Å². The maximum Gasteiger partial charge on any atom is 0.270 e. The molecule has 0 N–H and O–H groups in total. The molecule has 0 fully saturated rings. The minimum absolute atomic E-state index is 0.138. The summed E-state index contributed by atoms with van der Waals surface area (Å²) in [4.78, 5) is 0. The SMILES string of the molecule is CCCCCOCC(F)(F)CC. The summed E-state index contributed by atoms with van der Waals surface area (Å²) in [6, 6.07) is 0. The Bertz CT molecular complexity index is 105. The van der Waals surface area contributed by atoms with Gasteiger partial charge in [-0.05, 0) is 6.42 Å². The lowest BCUT2D eigenvalue weighted by Gasteiger charge is -2.13. The molecule has 1 nitrogen and oxygen atoms in total. The van der Waals surface area contributed by atoms with Gasteiger partial charge in [0.05, 0.1) is 0 Å². The van der Waals surface area contributed by atoms with Gasteiger partial charge in [0, 0.05) is 13.0 Å². The topological polar surface area (TPSA) is 9.23 Å². The van der Waals surface area contributed by atoms with Crippen molar-refractivity contribution in [1.29, 1.82) is 0 Å². The van der Waals surface area contributed by atoms with Crippen molar-refractivity contribution in [2.24, 2.45) is 0 Å². The van der Waals surface area contributed by atoms with E-state index in [4.69, 9.17) is 4.74 Å². The van der Waals surface area contributed by atoms with Crippen molar-refractivity contribution < 1.29 is 13.5 Å². The minimum Gasteiger partial charge on any atom is -0.375 e. The Hall–Kier alpha value is -0.180. The Morgan fingerprint density at radius 3 is 2.33 bits per heavy atom. The van der Waals surface area contributed by atoms with Gasteiger partial charge in [-0.25, -0.2) is 8.78 Å². The van der Waals surface area contributed by atoms with Gasteiger partial charge in [0.25, 0.3) is 5.92 Å². The lowest BCUT2D eigenvalue weighted by Crippen LogP contribution is -2.22. The van der Waals surface area contributed by atoms with Crippen LogP contribution in [-0.2, 0) is 4.74 Å². The molecule has 0 heterocycles. The zero-order chi connectivity index (χ0) is 9.45. The van der Waals surface area contributed by atoms with E-state index < -0.39 is 12.5 Å². The molecular formula is C9H18F2O. The van der Waals surface area contributed by atoms with Gasteiger partial charge in [-0.3, -0.25) is 0 Å². The van der Waals surface area contributed by atoms with Crippen molar-refractivity contribution >= 4 is 0 Å². The first-order valence-electron chi connectivity index (χ1n) is 4.58. The minimum atomic E-state index is -2.63. The summed E-state index contributed by atoms with van der Waals surface area (Å²) >= 11 is 0. The zero-order valence-electron chi connectivity index (χ0n) is 7.91. The number of unbranched alkanes of at least 4 members (excludes halogenated alkanes) is 2. The summed E-state index contributed by atoms with van der Waals surface area (Å²) in [6.07, 6.45) is 2.89. The third kappa shape index (κ3) is 6.53. The third-order valence-electron chi connectivity index (χ3n) is 1.72. The second-order valence-corrected chi connectivity index (χ2v) is 2.97. The highest BCUT2D eigenvalue weighted by molar-refractivity contribution is 4.61. The van der Waals surface area contributed by atoms with E-state index in [2.05, 4.69) is 6.92 Å². The Morgan fingerprint density at radius 1 is 1.17 bits per heavy atom. The fourth-order valence-electron chi connectivity index (χ4n) is 0.778. The number of ether oxygens (including phenoxy) is 1. The summed E-state index contributed by atoms with van der Waals surface area (Å²) in [5.74, 6) is -2.63. The summed E-state index contributed by atoms with van der Waals surface area (Å²) in [5.41, 5.74) is 0. The Balaban J connectivity index is 3.19. The Morgan fingerprint density at radius 2 is 1.83 bits per heavy atom. The highest BCUT2D eigenvalue weighted by Gasteiger charge is 2.25. The number of alkyl halides is 2. The number of hydrogen-bond donors (Lipinski definition) is 0. The third-order valence-corrected chi connectivity index (χ3v) is 1.72. The van der Waals surface area contributed by atoms with Gasteiger partial charge in [-0.2, -0.15) is 0 Å². The molecule has 0 aromatic heterocycles.